The second-order valence-electron chi connectivity index (χ2n) is 6.44. The zero-order chi connectivity index (χ0) is 17.1. The quantitative estimate of drug-likeness (QED) is 0.842. The lowest BCUT2D eigenvalue weighted by molar-refractivity contribution is -0.129. The van der Waals surface area contributed by atoms with Crippen molar-refractivity contribution in [3.63, 3.8) is 0 Å². The standard InChI is InChI=1S/C19H25N3OS/c1-4-14(2)16-5-7-17(8-6-16)18-13-24-19(20-18)22-11-9-21(10-12-22)15(3)23/h5-8,13-14H,4,9-12H2,1-3H3. The molecule has 0 aliphatic carbocycles. The highest BCUT2D eigenvalue weighted by molar-refractivity contribution is 7.14. The van der Waals surface area contributed by atoms with Crippen molar-refractivity contribution < 1.29 is 4.79 Å². The van der Waals surface area contributed by atoms with Crippen molar-refractivity contribution in [2.24, 2.45) is 0 Å². The molecule has 1 fully saturated rings. The first-order valence-corrected chi connectivity index (χ1v) is 9.52. The Morgan fingerprint density at radius 3 is 2.46 bits per heavy atom. The molecule has 24 heavy (non-hydrogen) atoms. The molecule has 2 aromatic rings. The Morgan fingerprint density at radius 2 is 1.88 bits per heavy atom. The zero-order valence-electron chi connectivity index (χ0n) is 14.7. The number of aromatic nitrogens is 1. The fourth-order valence-corrected chi connectivity index (χ4v) is 3.86. The summed E-state index contributed by atoms with van der Waals surface area (Å²) in [6.07, 6.45) is 1.16. The lowest BCUT2D eigenvalue weighted by atomic mass is 9.97. The summed E-state index contributed by atoms with van der Waals surface area (Å²) >= 11 is 1.69. The molecule has 1 aliphatic heterocycles. The highest BCUT2D eigenvalue weighted by Gasteiger charge is 2.20. The number of carbonyl (C=O) groups excluding carboxylic acids is 1. The van der Waals surface area contributed by atoms with Gasteiger partial charge >= 0.3 is 0 Å². The largest absolute Gasteiger partial charge is 0.345 e. The smallest absolute Gasteiger partial charge is 0.219 e. The van der Waals surface area contributed by atoms with Gasteiger partial charge in [0.2, 0.25) is 5.91 Å². The second-order valence-corrected chi connectivity index (χ2v) is 7.28. The average Bonchev–Trinajstić information content (AvgIpc) is 3.11. The molecule has 3 rings (SSSR count). The van der Waals surface area contributed by atoms with Crippen LogP contribution in [0.15, 0.2) is 29.6 Å². The Hall–Kier alpha value is -1.88. The molecule has 5 heteroatoms. The van der Waals surface area contributed by atoms with E-state index in [1.54, 1.807) is 18.3 Å². The van der Waals surface area contributed by atoms with E-state index in [4.69, 9.17) is 4.98 Å². The maximum Gasteiger partial charge on any atom is 0.219 e. The molecule has 0 radical (unpaired) electrons. The van der Waals surface area contributed by atoms with Crippen LogP contribution in [0.3, 0.4) is 0 Å². The van der Waals surface area contributed by atoms with Gasteiger partial charge < -0.3 is 9.80 Å². The van der Waals surface area contributed by atoms with Crippen LogP contribution in [0.5, 0.6) is 0 Å². The second kappa shape index (κ2) is 7.34. The van der Waals surface area contributed by atoms with Gasteiger partial charge in [-0.2, -0.15) is 0 Å². The van der Waals surface area contributed by atoms with Crippen LogP contribution >= 0.6 is 11.3 Å². The summed E-state index contributed by atoms with van der Waals surface area (Å²) in [5.41, 5.74) is 3.60. The van der Waals surface area contributed by atoms with Crippen molar-refractivity contribution in [2.45, 2.75) is 33.1 Å². The molecule has 1 unspecified atom stereocenters. The Balaban J connectivity index is 1.68. The number of amides is 1. The predicted molar refractivity (Wildman–Crippen MR) is 101 cm³/mol. The number of thiazole rings is 1. The molecule has 4 nitrogen and oxygen atoms in total. The van der Waals surface area contributed by atoms with E-state index >= 15 is 0 Å². The van der Waals surface area contributed by atoms with Gasteiger partial charge in [-0.1, -0.05) is 38.1 Å². The maximum atomic E-state index is 11.4. The summed E-state index contributed by atoms with van der Waals surface area (Å²) in [5.74, 6) is 0.762. The first kappa shape index (κ1) is 17.0. The first-order valence-electron chi connectivity index (χ1n) is 8.64. The molecule has 1 amide bonds. The van der Waals surface area contributed by atoms with Crippen LogP contribution in [0, 0.1) is 0 Å². The van der Waals surface area contributed by atoms with Gasteiger partial charge in [-0.05, 0) is 17.9 Å². The minimum Gasteiger partial charge on any atom is -0.345 e. The monoisotopic (exact) mass is 343 g/mol. The van der Waals surface area contributed by atoms with E-state index in [9.17, 15) is 4.79 Å². The van der Waals surface area contributed by atoms with Gasteiger partial charge in [-0.25, -0.2) is 4.98 Å². The number of benzene rings is 1. The summed E-state index contributed by atoms with van der Waals surface area (Å²) in [4.78, 5) is 20.4. The van der Waals surface area contributed by atoms with Crippen LogP contribution in [0.4, 0.5) is 5.13 Å². The van der Waals surface area contributed by atoms with E-state index in [1.165, 1.54) is 11.1 Å². The number of nitrogens with zero attached hydrogens (tertiary/aromatic N) is 3. The van der Waals surface area contributed by atoms with E-state index < -0.39 is 0 Å². The van der Waals surface area contributed by atoms with Crippen LogP contribution < -0.4 is 4.90 Å². The molecule has 1 aromatic heterocycles. The molecule has 1 saturated heterocycles. The number of hydrogen-bond donors (Lipinski definition) is 0. The van der Waals surface area contributed by atoms with Crippen LogP contribution in [0.25, 0.3) is 11.3 Å². The summed E-state index contributed by atoms with van der Waals surface area (Å²) in [6.45, 7) is 9.41. The normalized spacial score (nSPS) is 16.3. The Labute approximate surface area is 148 Å². The van der Waals surface area contributed by atoms with E-state index in [-0.39, 0.29) is 5.91 Å². The molecule has 0 spiro atoms. The van der Waals surface area contributed by atoms with Crippen molar-refractivity contribution >= 4 is 22.4 Å². The lowest BCUT2D eigenvalue weighted by Crippen LogP contribution is -2.48. The average molecular weight is 343 g/mol. The van der Waals surface area contributed by atoms with Gasteiger partial charge in [-0.15, -0.1) is 11.3 Å². The summed E-state index contributed by atoms with van der Waals surface area (Å²) in [7, 11) is 0. The highest BCUT2D eigenvalue weighted by atomic mass is 32.1. The molecule has 2 heterocycles. The first-order chi connectivity index (χ1) is 11.6. The third kappa shape index (κ3) is 3.61. The molecular formula is C19H25N3OS. The molecule has 0 bridgehead atoms. The van der Waals surface area contributed by atoms with E-state index in [0.29, 0.717) is 5.92 Å². The van der Waals surface area contributed by atoms with E-state index in [2.05, 4.69) is 48.4 Å². The van der Waals surface area contributed by atoms with Gasteiger partial charge in [0.25, 0.3) is 0 Å². The number of piperazine rings is 1. The predicted octanol–water partition coefficient (Wildman–Crippen LogP) is 3.99. The molecule has 0 N–H and O–H groups in total. The maximum absolute atomic E-state index is 11.4. The van der Waals surface area contributed by atoms with Crippen molar-refractivity contribution in [3.05, 3.63) is 35.2 Å². The Morgan fingerprint density at radius 1 is 1.21 bits per heavy atom. The molecule has 1 aliphatic rings. The van der Waals surface area contributed by atoms with Crippen molar-refractivity contribution in [1.82, 2.24) is 9.88 Å². The Kier molecular flexibility index (Phi) is 5.19. The van der Waals surface area contributed by atoms with Gasteiger partial charge in [0, 0.05) is 44.0 Å². The molecule has 128 valence electrons. The minimum atomic E-state index is 0.163. The minimum absolute atomic E-state index is 0.163. The van der Waals surface area contributed by atoms with Crippen molar-refractivity contribution in [3.8, 4) is 11.3 Å². The number of anilines is 1. The highest BCUT2D eigenvalue weighted by Crippen LogP contribution is 2.29. The van der Waals surface area contributed by atoms with Gasteiger partial charge in [0.15, 0.2) is 5.13 Å². The van der Waals surface area contributed by atoms with Gasteiger partial charge in [0.05, 0.1) is 5.69 Å². The number of hydrogen-bond acceptors (Lipinski definition) is 4. The molecule has 0 saturated carbocycles. The third-order valence-electron chi connectivity index (χ3n) is 4.88. The Bertz CT molecular complexity index is 687. The van der Waals surface area contributed by atoms with Gasteiger partial charge in [-0.3, -0.25) is 4.79 Å². The summed E-state index contributed by atoms with van der Waals surface area (Å²) in [6, 6.07) is 8.78. The fraction of sp³-hybridized carbons (Fsp3) is 0.474. The van der Waals surface area contributed by atoms with Crippen LogP contribution in [0.1, 0.15) is 38.7 Å². The third-order valence-corrected chi connectivity index (χ3v) is 5.78. The van der Waals surface area contributed by atoms with Crippen molar-refractivity contribution in [1.29, 1.82) is 0 Å². The van der Waals surface area contributed by atoms with Crippen molar-refractivity contribution in [2.75, 3.05) is 31.1 Å². The van der Waals surface area contributed by atoms with Crippen LogP contribution in [0.2, 0.25) is 0 Å². The lowest BCUT2D eigenvalue weighted by Gasteiger charge is -2.33. The summed E-state index contributed by atoms with van der Waals surface area (Å²) < 4.78 is 0. The van der Waals surface area contributed by atoms with E-state index in [0.717, 1.165) is 43.4 Å². The topological polar surface area (TPSA) is 36.4 Å². The molecule has 1 aromatic carbocycles. The van der Waals surface area contributed by atoms with E-state index in [1.807, 2.05) is 4.90 Å². The molecular weight excluding hydrogens is 318 g/mol. The number of carbonyl (C=O) groups is 1. The van der Waals surface area contributed by atoms with Crippen LogP contribution in [-0.4, -0.2) is 42.0 Å². The SMILES string of the molecule is CCC(C)c1ccc(-c2csc(N3CCN(C(C)=O)CC3)n2)cc1. The summed E-state index contributed by atoms with van der Waals surface area (Å²) in [5, 5.41) is 3.18. The fourth-order valence-electron chi connectivity index (χ4n) is 2.97. The van der Waals surface area contributed by atoms with Gasteiger partial charge in [0.1, 0.15) is 0 Å². The van der Waals surface area contributed by atoms with Crippen LogP contribution in [-0.2, 0) is 4.79 Å². The molecule has 1 atom stereocenters. The number of rotatable bonds is 4. The zero-order valence-corrected chi connectivity index (χ0v) is 15.5.